The summed E-state index contributed by atoms with van der Waals surface area (Å²) in [6.45, 7) is 1.82. The van der Waals surface area contributed by atoms with Crippen molar-refractivity contribution in [3.8, 4) is 0 Å². The second-order valence-electron chi connectivity index (χ2n) is 9.49. The Balaban J connectivity index is 1.88. The molecule has 13 heteroatoms. The first-order valence-corrected chi connectivity index (χ1v) is 12.2. The van der Waals surface area contributed by atoms with Gasteiger partial charge in [0, 0.05) is 32.5 Å². The molecule has 2 heterocycles. The standard InChI is InChI=1S/C24H34N6O7/c1-14(31)20-23(37)26-10-18(32)28-17(9-15-5-3-2-4-6-15)22(36)29-16(7-8-19(33)34)21(35)27-13-24(30-20)11-25-12-24/h2-6,14,16-17,20,25,30-31H,7-13H2,1H3,(H,26,37)(H,27,35)(H,28,32)(H,29,36)(H,33,34)/t14-,16+,17+,20+/m1/s1. The number of amides is 4. The molecule has 1 aromatic rings. The van der Waals surface area contributed by atoms with E-state index in [1.165, 1.54) is 6.92 Å². The molecule has 8 N–H and O–H groups in total. The Kier molecular flexibility index (Phi) is 9.55. The molecule has 37 heavy (non-hydrogen) atoms. The number of carboxylic acid groups (broad SMARTS) is 1. The Labute approximate surface area is 214 Å². The number of benzene rings is 1. The lowest BCUT2D eigenvalue weighted by molar-refractivity contribution is -0.138. The van der Waals surface area contributed by atoms with Crippen molar-refractivity contribution in [1.29, 1.82) is 0 Å². The van der Waals surface area contributed by atoms with Crippen molar-refractivity contribution in [3.63, 3.8) is 0 Å². The van der Waals surface area contributed by atoms with Crippen molar-refractivity contribution in [2.75, 3.05) is 26.2 Å². The topological polar surface area (TPSA) is 198 Å². The van der Waals surface area contributed by atoms with Gasteiger partial charge in [-0.25, -0.2) is 0 Å². The molecule has 0 aliphatic carbocycles. The highest BCUT2D eigenvalue weighted by Gasteiger charge is 2.42. The second kappa shape index (κ2) is 12.6. The number of hydrogen-bond acceptors (Lipinski definition) is 8. The van der Waals surface area contributed by atoms with Gasteiger partial charge in [-0.3, -0.25) is 29.3 Å². The Bertz CT molecular complexity index is 999. The minimum Gasteiger partial charge on any atom is -0.481 e. The van der Waals surface area contributed by atoms with E-state index in [0.29, 0.717) is 13.1 Å². The smallest absolute Gasteiger partial charge is 0.303 e. The van der Waals surface area contributed by atoms with Crippen LogP contribution in [0.2, 0.25) is 0 Å². The van der Waals surface area contributed by atoms with E-state index in [-0.39, 0.29) is 25.8 Å². The van der Waals surface area contributed by atoms with E-state index in [1.807, 2.05) is 0 Å². The molecular formula is C24H34N6O7. The minimum absolute atomic E-state index is 0.0550. The zero-order valence-electron chi connectivity index (χ0n) is 20.6. The van der Waals surface area contributed by atoms with E-state index in [1.54, 1.807) is 30.3 Å². The van der Waals surface area contributed by atoms with Crippen LogP contribution in [0.5, 0.6) is 0 Å². The van der Waals surface area contributed by atoms with E-state index in [2.05, 4.69) is 31.9 Å². The Hall–Kier alpha value is -3.55. The van der Waals surface area contributed by atoms with Crippen LogP contribution in [0, 0.1) is 0 Å². The molecule has 13 nitrogen and oxygen atoms in total. The normalized spacial score (nSPS) is 25.8. The monoisotopic (exact) mass is 518 g/mol. The summed E-state index contributed by atoms with van der Waals surface area (Å²) in [6.07, 6.45) is -1.52. The Morgan fingerprint density at radius 3 is 2.27 bits per heavy atom. The highest BCUT2D eigenvalue weighted by molar-refractivity contribution is 5.94. The van der Waals surface area contributed by atoms with E-state index < -0.39 is 65.9 Å². The zero-order chi connectivity index (χ0) is 27.0. The summed E-state index contributed by atoms with van der Waals surface area (Å²) < 4.78 is 0. The lowest BCUT2D eigenvalue weighted by Crippen LogP contribution is -2.76. The summed E-state index contributed by atoms with van der Waals surface area (Å²) >= 11 is 0. The molecule has 1 aromatic carbocycles. The van der Waals surface area contributed by atoms with Crippen LogP contribution in [0.1, 0.15) is 25.3 Å². The fourth-order valence-corrected chi connectivity index (χ4v) is 4.21. The summed E-state index contributed by atoms with van der Waals surface area (Å²) in [5.74, 6) is -3.64. The third kappa shape index (κ3) is 7.97. The molecule has 0 bridgehead atoms. The molecule has 0 saturated carbocycles. The van der Waals surface area contributed by atoms with Crippen molar-refractivity contribution in [1.82, 2.24) is 31.9 Å². The van der Waals surface area contributed by atoms with Gasteiger partial charge in [-0.15, -0.1) is 0 Å². The molecule has 4 amide bonds. The van der Waals surface area contributed by atoms with Crippen LogP contribution >= 0.6 is 0 Å². The fraction of sp³-hybridized carbons (Fsp3) is 0.542. The van der Waals surface area contributed by atoms with Gasteiger partial charge in [0.25, 0.3) is 0 Å². The first-order chi connectivity index (χ1) is 17.6. The Morgan fingerprint density at radius 1 is 0.973 bits per heavy atom. The van der Waals surface area contributed by atoms with Gasteiger partial charge in [-0.2, -0.15) is 0 Å². The fourth-order valence-electron chi connectivity index (χ4n) is 4.21. The van der Waals surface area contributed by atoms with Gasteiger partial charge in [0.1, 0.15) is 18.1 Å². The van der Waals surface area contributed by atoms with Gasteiger partial charge in [-0.05, 0) is 18.9 Å². The van der Waals surface area contributed by atoms with E-state index in [0.717, 1.165) is 5.56 Å². The first kappa shape index (κ1) is 28.0. The van der Waals surface area contributed by atoms with Gasteiger partial charge in [-0.1, -0.05) is 30.3 Å². The predicted octanol–water partition coefficient (Wildman–Crippen LogP) is -3.01. The molecule has 0 aromatic heterocycles. The van der Waals surface area contributed by atoms with Crippen LogP contribution in [0.25, 0.3) is 0 Å². The molecule has 0 unspecified atom stereocenters. The molecule has 2 aliphatic heterocycles. The van der Waals surface area contributed by atoms with Gasteiger partial charge in [0.15, 0.2) is 0 Å². The molecule has 2 fully saturated rings. The lowest BCUT2D eigenvalue weighted by Gasteiger charge is -2.46. The predicted molar refractivity (Wildman–Crippen MR) is 131 cm³/mol. The summed E-state index contributed by atoms with van der Waals surface area (Å²) in [7, 11) is 0. The summed E-state index contributed by atoms with van der Waals surface area (Å²) in [6, 6.07) is 5.58. The number of carbonyl (C=O) groups is 5. The zero-order valence-corrected chi connectivity index (χ0v) is 20.6. The largest absolute Gasteiger partial charge is 0.481 e. The number of carboxylic acids is 1. The molecular weight excluding hydrogens is 484 g/mol. The summed E-state index contributed by atoms with van der Waals surface area (Å²) in [4.78, 5) is 63.0. The molecule has 2 aliphatic rings. The molecule has 202 valence electrons. The maximum atomic E-state index is 13.2. The SMILES string of the molecule is C[C@@H](O)[C@@H]1NC2(CNC2)CNC(=O)[C@H](CCC(=O)O)NC(=O)[C@H](Cc2ccccc2)NC(=O)CNC1=O. The number of carbonyl (C=O) groups excluding carboxylic acids is 4. The number of aliphatic hydroxyl groups excluding tert-OH is 1. The quantitative estimate of drug-likeness (QED) is 0.193. The number of nitrogens with one attached hydrogen (secondary N) is 6. The van der Waals surface area contributed by atoms with Crippen LogP contribution in [-0.4, -0.2) is 95.8 Å². The molecule has 1 spiro atoms. The number of aliphatic carboxylic acids is 1. The van der Waals surface area contributed by atoms with Crippen LogP contribution in [0.15, 0.2) is 30.3 Å². The van der Waals surface area contributed by atoms with E-state index in [9.17, 15) is 29.1 Å². The van der Waals surface area contributed by atoms with Gasteiger partial charge in [0.05, 0.1) is 18.2 Å². The van der Waals surface area contributed by atoms with Gasteiger partial charge >= 0.3 is 5.97 Å². The molecule has 0 radical (unpaired) electrons. The molecule has 2 saturated heterocycles. The molecule has 4 atom stereocenters. The third-order valence-corrected chi connectivity index (χ3v) is 6.39. The van der Waals surface area contributed by atoms with Crippen molar-refractivity contribution in [2.45, 2.75) is 56.0 Å². The van der Waals surface area contributed by atoms with Crippen LogP contribution in [-0.2, 0) is 30.4 Å². The molecule has 3 rings (SSSR count). The number of rotatable bonds is 6. The first-order valence-electron chi connectivity index (χ1n) is 12.2. The third-order valence-electron chi connectivity index (χ3n) is 6.39. The average molecular weight is 519 g/mol. The summed E-state index contributed by atoms with van der Waals surface area (Å²) in [5.41, 5.74) is -0.0249. The van der Waals surface area contributed by atoms with E-state index >= 15 is 0 Å². The number of aliphatic hydroxyl groups is 1. The second-order valence-corrected chi connectivity index (χ2v) is 9.49. The van der Waals surface area contributed by atoms with Crippen LogP contribution in [0.4, 0.5) is 0 Å². The van der Waals surface area contributed by atoms with Crippen LogP contribution < -0.4 is 31.9 Å². The van der Waals surface area contributed by atoms with Gasteiger partial charge < -0.3 is 36.8 Å². The maximum Gasteiger partial charge on any atom is 0.303 e. The Morgan fingerprint density at radius 2 is 1.68 bits per heavy atom. The lowest BCUT2D eigenvalue weighted by atomic mass is 9.90. The van der Waals surface area contributed by atoms with Crippen LogP contribution in [0.3, 0.4) is 0 Å². The highest BCUT2D eigenvalue weighted by atomic mass is 16.4. The maximum absolute atomic E-state index is 13.2. The van der Waals surface area contributed by atoms with Crippen molar-refractivity contribution in [3.05, 3.63) is 35.9 Å². The summed E-state index contributed by atoms with van der Waals surface area (Å²) in [5, 5.41) is 35.9. The van der Waals surface area contributed by atoms with E-state index in [4.69, 9.17) is 5.11 Å². The van der Waals surface area contributed by atoms with Gasteiger partial charge in [0.2, 0.25) is 23.6 Å². The van der Waals surface area contributed by atoms with Crippen molar-refractivity contribution >= 4 is 29.6 Å². The highest BCUT2D eigenvalue weighted by Crippen LogP contribution is 2.14. The number of hydrogen-bond donors (Lipinski definition) is 8. The van der Waals surface area contributed by atoms with Crippen molar-refractivity contribution < 1.29 is 34.2 Å². The van der Waals surface area contributed by atoms with Crippen molar-refractivity contribution in [2.24, 2.45) is 0 Å². The average Bonchev–Trinajstić information content (AvgIpc) is 2.83. The minimum atomic E-state index is -1.17.